The molecule has 0 amide bonds. The van der Waals surface area contributed by atoms with Gasteiger partial charge in [0.15, 0.2) is 6.10 Å². The van der Waals surface area contributed by atoms with E-state index in [-0.39, 0.29) is 11.7 Å². The Morgan fingerprint density at radius 2 is 2.07 bits per heavy atom. The van der Waals surface area contributed by atoms with Gasteiger partial charge < -0.3 is 24.8 Å². The van der Waals surface area contributed by atoms with E-state index >= 15 is 0 Å². The largest absolute Gasteiger partial charge is 0.487 e. The Morgan fingerprint density at radius 1 is 1.33 bits per heavy atom. The molecule has 0 radical (unpaired) electrons. The molecule has 30 heavy (non-hydrogen) atoms. The van der Waals surface area contributed by atoms with Gasteiger partial charge in [0.05, 0.1) is 12.2 Å². The first kappa shape index (κ1) is 22.8. The van der Waals surface area contributed by atoms with Crippen molar-refractivity contribution in [2.75, 3.05) is 6.61 Å². The fourth-order valence-corrected chi connectivity index (χ4v) is 4.79. The Morgan fingerprint density at radius 3 is 2.73 bits per heavy atom. The van der Waals surface area contributed by atoms with Crippen LogP contribution in [0, 0.1) is 5.92 Å². The number of aliphatic hydroxyl groups is 3. The molecule has 3 N–H and O–H groups in total. The summed E-state index contributed by atoms with van der Waals surface area (Å²) >= 11 is 0. The molecular formula is C24H34O6. The number of allylic oxidation sites excluding steroid dienone is 1. The molecule has 1 aromatic carbocycles. The third-order valence-corrected chi connectivity index (χ3v) is 6.29. The fraction of sp³-hybridized carbons (Fsp3) is 0.625. The Hall–Kier alpha value is -1.89. The average Bonchev–Trinajstić information content (AvgIpc) is 2.65. The standard InChI is InChI=1S/C24H34O6/c1-5-6-7-8-16-11-18(29-22(27)17(26)14-25)21-19(12-16)30-23(3,4)20-10-9-15(2)13-24(20,21)28/h11-13,17,20,25-26,28H,5-10,14H2,1-4H3/t17-,20-,24-/m0/s1. The zero-order valence-electron chi connectivity index (χ0n) is 18.4. The van der Waals surface area contributed by atoms with Gasteiger partial charge in [0.25, 0.3) is 0 Å². The van der Waals surface area contributed by atoms with Crippen molar-refractivity contribution in [3.8, 4) is 11.5 Å². The van der Waals surface area contributed by atoms with Gasteiger partial charge in [-0.3, -0.25) is 0 Å². The summed E-state index contributed by atoms with van der Waals surface area (Å²) in [7, 11) is 0. The van der Waals surface area contributed by atoms with Crippen molar-refractivity contribution in [3.05, 3.63) is 34.9 Å². The molecule has 0 unspecified atom stereocenters. The van der Waals surface area contributed by atoms with Crippen LogP contribution in [-0.2, 0) is 16.8 Å². The molecule has 1 aromatic rings. The lowest BCUT2D eigenvalue weighted by molar-refractivity contribution is -0.146. The highest BCUT2D eigenvalue weighted by atomic mass is 16.6. The number of hydrogen-bond acceptors (Lipinski definition) is 6. The summed E-state index contributed by atoms with van der Waals surface area (Å²) in [5.41, 5.74) is 0.479. The minimum absolute atomic E-state index is 0.186. The van der Waals surface area contributed by atoms with E-state index in [4.69, 9.17) is 14.6 Å². The second kappa shape index (κ2) is 8.69. The number of aliphatic hydroxyl groups excluding tert-OH is 2. The molecule has 1 aliphatic carbocycles. The van der Waals surface area contributed by atoms with Crippen LogP contribution in [0.1, 0.15) is 70.9 Å². The second-order valence-corrected chi connectivity index (χ2v) is 9.16. The van der Waals surface area contributed by atoms with E-state index in [2.05, 4.69) is 6.92 Å². The summed E-state index contributed by atoms with van der Waals surface area (Å²) in [4.78, 5) is 12.3. The van der Waals surface area contributed by atoms with Crippen LogP contribution in [0.25, 0.3) is 0 Å². The van der Waals surface area contributed by atoms with Crippen LogP contribution in [0.4, 0.5) is 0 Å². The molecule has 0 fully saturated rings. The minimum Gasteiger partial charge on any atom is -0.487 e. The summed E-state index contributed by atoms with van der Waals surface area (Å²) in [5, 5.41) is 30.7. The van der Waals surface area contributed by atoms with Gasteiger partial charge in [-0.2, -0.15) is 0 Å². The van der Waals surface area contributed by atoms with Crippen LogP contribution in [0.2, 0.25) is 0 Å². The normalized spacial score (nSPS) is 25.4. The minimum atomic E-state index is -1.64. The van der Waals surface area contributed by atoms with Crippen LogP contribution in [-0.4, -0.2) is 39.6 Å². The second-order valence-electron chi connectivity index (χ2n) is 9.16. The summed E-state index contributed by atoms with van der Waals surface area (Å²) in [5.74, 6) is -0.482. The lowest BCUT2D eigenvalue weighted by Crippen LogP contribution is -2.54. The van der Waals surface area contributed by atoms with Crippen LogP contribution in [0.5, 0.6) is 11.5 Å². The molecule has 2 aliphatic rings. The van der Waals surface area contributed by atoms with Gasteiger partial charge in [-0.25, -0.2) is 4.79 Å². The number of carbonyl (C=O) groups excluding carboxylic acids is 1. The third-order valence-electron chi connectivity index (χ3n) is 6.29. The number of ether oxygens (including phenoxy) is 2. The molecule has 3 rings (SSSR count). The first-order chi connectivity index (χ1) is 14.1. The van der Waals surface area contributed by atoms with Gasteiger partial charge in [-0.05, 0) is 70.2 Å². The molecule has 6 nitrogen and oxygen atoms in total. The number of esters is 1. The number of benzene rings is 1. The maximum absolute atomic E-state index is 12.3. The zero-order chi connectivity index (χ0) is 22.1. The van der Waals surface area contributed by atoms with Crippen LogP contribution >= 0.6 is 0 Å². The highest BCUT2D eigenvalue weighted by molar-refractivity contribution is 5.78. The van der Waals surface area contributed by atoms with Gasteiger partial charge >= 0.3 is 5.97 Å². The molecule has 1 aliphatic heterocycles. The highest BCUT2D eigenvalue weighted by Gasteiger charge is 2.54. The molecule has 0 bridgehead atoms. The molecular weight excluding hydrogens is 384 g/mol. The Bertz CT molecular complexity index is 827. The van der Waals surface area contributed by atoms with Crippen LogP contribution in [0.3, 0.4) is 0 Å². The molecule has 0 spiro atoms. The number of unbranched alkanes of at least 4 members (excludes halogenated alkanes) is 2. The van der Waals surface area contributed by atoms with Crippen molar-refractivity contribution >= 4 is 5.97 Å². The van der Waals surface area contributed by atoms with E-state index in [1.807, 2.05) is 32.9 Å². The maximum Gasteiger partial charge on any atom is 0.342 e. The van der Waals surface area contributed by atoms with E-state index in [0.29, 0.717) is 11.3 Å². The molecule has 0 saturated heterocycles. The molecule has 0 aromatic heterocycles. The molecule has 3 atom stereocenters. The number of fused-ring (bicyclic) bond motifs is 3. The van der Waals surface area contributed by atoms with Crippen molar-refractivity contribution in [2.45, 2.75) is 83.5 Å². The first-order valence-corrected chi connectivity index (χ1v) is 10.9. The van der Waals surface area contributed by atoms with Crippen molar-refractivity contribution in [1.29, 1.82) is 0 Å². The van der Waals surface area contributed by atoms with Gasteiger partial charge in [0, 0.05) is 5.92 Å². The number of carbonyl (C=O) groups is 1. The zero-order valence-corrected chi connectivity index (χ0v) is 18.4. The van der Waals surface area contributed by atoms with E-state index < -0.39 is 29.9 Å². The van der Waals surface area contributed by atoms with Gasteiger partial charge in [-0.15, -0.1) is 0 Å². The third kappa shape index (κ3) is 4.27. The number of hydrogen-bond donors (Lipinski definition) is 3. The predicted octanol–water partition coefficient (Wildman–Crippen LogP) is 3.39. The summed E-state index contributed by atoms with van der Waals surface area (Å²) in [6.45, 7) is 7.34. The number of rotatable bonds is 7. The van der Waals surface area contributed by atoms with Crippen molar-refractivity contribution < 1.29 is 29.6 Å². The lowest BCUT2D eigenvalue weighted by Gasteiger charge is -2.51. The summed E-state index contributed by atoms with van der Waals surface area (Å²) < 4.78 is 11.9. The Labute approximate surface area is 178 Å². The van der Waals surface area contributed by atoms with E-state index in [1.54, 1.807) is 6.07 Å². The predicted molar refractivity (Wildman–Crippen MR) is 113 cm³/mol. The molecule has 0 saturated carbocycles. The van der Waals surface area contributed by atoms with Crippen LogP contribution < -0.4 is 9.47 Å². The molecule has 166 valence electrons. The number of aryl methyl sites for hydroxylation is 1. The van der Waals surface area contributed by atoms with Crippen molar-refractivity contribution in [3.63, 3.8) is 0 Å². The van der Waals surface area contributed by atoms with Crippen molar-refractivity contribution in [2.24, 2.45) is 5.92 Å². The summed E-state index contributed by atoms with van der Waals surface area (Å²) in [6, 6.07) is 3.68. The van der Waals surface area contributed by atoms with Gasteiger partial charge in [0.2, 0.25) is 0 Å². The first-order valence-electron chi connectivity index (χ1n) is 10.9. The highest BCUT2D eigenvalue weighted by Crippen LogP contribution is 2.56. The van der Waals surface area contributed by atoms with E-state index in [1.165, 1.54) is 0 Å². The van der Waals surface area contributed by atoms with Crippen molar-refractivity contribution in [1.82, 2.24) is 0 Å². The SMILES string of the molecule is CCCCCc1cc(OC(=O)[C@@H](O)CO)c2c(c1)OC(C)(C)[C@@H]1CCC(C)=C[C@@]21O. The maximum atomic E-state index is 12.3. The lowest BCUT2D eigenvalue weighted by atomic mass is 9.64. The molecule has 1 heterocycles. The molecule has 6 heteroatoms. The summed E-state index contributed by atoms with van der Waals surface area (Å²) in [6.07, 6.45) is 5.76. The Balaban J connectivity index is 2.14. The topological polar surface area (TPSA) is 96.2 Å². The fourth-order valence-electron chi connectivity index (χ4n) is 4.79. The van der Waals surface area contributed by atoms with Crippen LogP contribution in [0.15, 0.2) is 23.8 Å². The smallest absolute Gasteiger partial charge is 0.342 e. The van der Waals surface area contributed by atoms with Gasteiger partial charge in [0.1, 0.15) is 22.7 Å². The Kier molecular flexibility index (Phi) is 6.60. The quantitative estimate of drug-likeness (QED) is 0.272. The van der Waals surface area contributed by atoms with E-state index in [0.717, 1.165) is 49.7 Å². The van der Waals surface area contributed by atoms with E-state index in [9.17, 15) is 15.0 Å². The monoisotopic (exact) mass is 418 g/mol. The van der Waals surface area contributed by atoms with Gasteiger partial charge in [-0.1, -0.05) is 25.3 Å². The average molecular weight is 419 g/mol.